The van der Waals surface area contributed by atoms with Crippen molar-refractivity contribution in [3.63, 3.8) is 0 Å². The number of carbonyl (C=O) groups is 2. The Morgan fingerprint density at radius 2 is 2.11 bits per heavy atom. The smallest absolute Gasteiger partial charge is 0.459 e. The van der Waals surface area contributed by atoms with E-state index in [0.29, 0.717) is 29.0 Å². The number of ether oxygens (including phenoxy) is 1. The van der Waals surface area contributed by atoms with Crippen LogP contribution in [0.4, 0.5) is 5.82 Å². The molecule has 3 aromatic rings. The molecule has 1 unspecified atom stereocenters. The van der Waals surface area contributed by atoms with E-state index in [0.717, 1.165) is 0 Å². The van der Waals surface area contributed by atoms with Gasteiger partial charge in [0.25, 0.3) is 0 Å². The zero-order valence-corrected chi connectivity index (χ0v) is 21.8. The molecule has 0 saturated heterocycles. The number of carboxylic acid groups (broad SMARTS) is 1. The van der Waals surface area contributed by atoms with Gasteiger partial charge in [-0.3, -0.25) is 14.1 Å². The van der Waals surface area contributed by atoms with Crippen LogP contribution in [0.5, 0.6) is 5.75 Å². The second-order valence-electron chi connectivity index (χ2n) is 8.83. The largest absolute Gasteiger partial charge is 0.481 e. The maximum Gasteiger partial charge on any atom is 0.459 e. The number of methoxy groups -OCH3 is 1. The van der Waals surface area contributed by atoms with Crippen LogP contribution in [0.3, 0.4) is 0 Å². The zero-order valence-electron chi connectivity index (χ0n) is 20.9. The van der Waals surface area contributed by atoms with Crippen molar-refractivity contribution in [3.05, 3.63) is 54.6 Å². The van der Waals surface area contributed by atoms with E-state index in [1.54, 1.807) is 30.6 Å². The van der Waals surface area contributed by atoms with Crippen LogP contribution in [0.25, 0.3) is 11.2 Å². The van der Waals surface area contributed by atoms with Gasteiger partial charge in [0.1, 0.15) is 23.6 Å². The molecule has 0 fully saturated rings. The van der Waals surface area contributed by atoms with Crippen LogP contribution in [0.2, 0.25) is 0 Å². The Labute approximate surface area is 218 Å². The number of carboxylic acids is 1. The van der Waals surface area contributed by atoms with Gasteiger partial charge >= 0.3 is 19.7 Å². The highest BCUT2D eigenvalue weighted by Crippen LogP contribution is 2.46. The van der Waals surface area contributed by atoms with Gasteiger partial charge in [-0.2, -0.15) is 5.09 Å². The van der Waals surface area contributed by atoms with Crippen LogP contribution in [-0.2, 0) is 29.8 Å². The van der Waals surface area contributed by atoms with Gasteiger partial charge in [0.15, 0.2) is 11.5 Å². The molecular weight excluding hydrogens is 515 g/mol. The van der Waals surface area contributed by atoms with Gasteiger partial charge in [-0.15, -0.1) is 0 Å². The Kier molecular flexibility index (Phi) is 8.40. The Hall–Kier alpha value is -3.80. The molecule has 1 aliphatic carbocycles. The predicted molar refractivity (Wildman–Crippen MR) is 137 cm³/mol. The van der Waals surface area contributed by atoms with Gasteiger partial charge in [-0.25, -0.2) is 19.5 Å². The molecule has 2 heterocycles. The zero-order chi connectivity index (χ0) is 27.3. The monoisotopic (exact) mass is 544 g/mol. The van der Waals surface area contributed by atoms with Crippen LogP contribution < -0.4 is 15.3 Å². The lowest BCUT2D eigenvalue weighted by Gasteiger charge is -2.24. The first kappa shape index (κ1) is 27.2. The molecule has 14 heteroatoms. The average Bonchev–Trinajstić information content (AvgIpc) is 3.53. The lowest BCUT2D eigenvalue weighted by Crippen LogP contribution is -2.34. The number of benzene rings is 1. The van der Waals surface area contributed by atoms with Gasteiger partial charge in [0, 0.05) is 12.3 Å². The van der Waals surface area contributed by atoms with E-state index in [1.807, 2.05) is 16.7 Å². The van der Waals surface area contributed by atoms with Crippen molar-refractivity contribution in [2.45, 2.75) is 38.3 Å². The topological polar surface area (TPSA) is 181 Å². The lowest BCUT2D eigenvalue weighted by atomic mass is 10.1. The summed E-state index contributed by atoms with van der Waals surface area (Å²) in [6, 6.07) is 5.52. The van der Waals surface area contributed by atoms with Crippen LogP contribution in [-0.4, -0.2) is 56.3 Å². The standard InChI is InChI=1S/C24H29N6O7P/c1-15(24(33)35-2)29-38(34,37-19-5-3-4-16(11-19)7-9-20(31)32)36-12-17-6-8-18(10-17)30-14-28-21-22(25)26-13-27-23(21)30/h3-6,8,11,13-15,17-18H,7,9-10,12H2,1-2H3,(H,29,34)(H,31,32)(H2,25,26,27)/t15-,17-,18+,38?/m0/s1. The number of aliphatic carboxylic acids is 1. The van der Waals surface area contributed by atoms with Gasteiger partial charge in [0.2, 0.25) is 0 Å². The number of nitrogens with two attached hydrogens (primary N) is 1. The number of nitrogens with one attached hydrogen (secondary N) is 1. The van der Waals surface area contributed by atoms with Gasteiger partial charge in [-0.1, -0.05) is 24.3 Å². The SMILES string of the molecule is COC(=O)[C@H](C)NP(=O)(OC[C@H]1C=C[C@@H](n2cnc3c(N)ncnc32)C1)Oc1cccc(CCC(=O)O)c1. The van der Waals surface area contributed by atoms with E-state index in [9.17, 15) is 14.2 Å². The highest BCUT2D eigenvalue weighted by Gasteiger charge is 2.34. The highest BCUT2D eigenvalue weighted by molar-refractivity contribution is 7.52. The first-order chi connectivity index (χ1) is 18.2. The molecule has 13 nitrogen and oxygen atoms in total. The van der Waals surface area contributed by atoms with Crippen molar-refractivity contribution in [2.75, 3.05) is 19.5 Å². The third-order valence-electron chi connectivity index (χ3n) is 6.01. The molecule has 202 valence electrons. The van der Waals surface area contributed by atoms with Crippen molar-refractivity contribution in [1.82, 2.24) is 24.6 Å². The molecule has 1 aromatic carbocycles. The second-order valence-corrected chi connectivity index (χ2v) is 10.5. The van der Waals surface area contributed by atoms with Crippen molar-refractivity contribution in [1.29, 1.82) is 0 Å². The fourth-order valence-corrected chi connectivity index (χ4v) is 5.63. The van der Waals surface area contributed by atoms with E-state index in [4.69, 9.17) is 24.6 Å². The number of hydrogen-bond donors (Lipinski definition) is 3. The first-order valence-corrected chi connectivity index (χ1v) is 13.4. The normalized spacial score (nSPS) is 19.2. The Morgan fingerprint density at radius 1 is 1.29 bits per heavy atom. The number of hydrogen-bond acceptors (Lipinski definition) is 10. The molecule has 0 bridgehead atoms. The molecule has 2 aromatic heterocycles. The summed E-state index contributed by atoms with van der Waals surface area (Å²) in [5.74, 6) is -1.18. The van der Waals surface area contributed by atoms with Crippen molar-refractivity contribution < 1.29 is 33.0 Å². The first-order valence-electron chi connectivity index (χ1n) is 11.9. The van der Waals surface area contributed by atoms with Crippen molar-refractivity contribution >= 4 is 36.7 Å². The quantitative estimate of drug-likeness (QED) is 0.173. The van der Waals surface area contributed by atoms with Crippen LogP contribution >= 0.6 is 7.75 Å². The molecular formula is C24H29N6O7P. The number of allylic oxidation sites excluding steroid dienone is 1. The predicted octanol–water partition coefficient (Wildman–Crippen LogP) is 2.90. The molecule has 1 aliphatic rings. The van der Waals surface area contributed by atoms with Gasteiger partial charge in [0.05, 0.1) is 26.1 Å². The summed E-state index contributed by atoms with van der Waals surface area (Å²) in [4.78, 5) is 35.5. The highest BCUT2D eigenvalue weighted by atomic mass is 31.2. The Bertz CT molecular complexity index is 1390. The lowest BCUT2D eigenvalue weighted by molar-refractivity contribution is -0.142. The molecule has 0 radical (unpaired) electrons. The number of carbonyl (C=O) groups excluding carboxylic acids is 1. The molecule has 0 spiro atoms. The summed E-state index contributed by atoms with van der Waals surface area (Å²) < 4.78 is 31.9. The van der Waals surface area contributed by atoms with Crippen molar-refractivity contribution in [2.24, 2.45) is 5.92 Å². The van der Waals surface area contributed by atoms with E-state index in [-0.39, 0.29) is 37.2 Å². The molecule has 4 atom stereocenters. The summed E-state index contributed by atoms with van der Waals surface area (Å²) in [5, 5.41) is 11.6. The summed E-state index contributed by atoms with van der Waals surface area (Å²) in [6.45, 7) is 1.52. The maximum atomic E-state index is 13.7. The van der Waals surface area contributed by atoms with Gasteiger partial charge < -0.3 is 24.7 Å². The molecule has 4 rings (SSSR count). The van der Waals surface area contributed by atoms with E-state index in [2.05, 4.69) is 20.0 Å². The van der Waals surface area contributed by atoms with Gasteiger partial charge in [-0.05, 0) is 37.5 Å². The Morgan fingerprint density at radius 3 is 2.87 bits per heavy atom. The summed E-state index contributed by atoms with van der Waals surface area (Å²) in [7, 11) is -2.83. The second kappa shape index (κ2) is 11.7. The van der Waals surface area contributed by atoms with E-state index in [1.165, 1.54) is 20.4 Å². The maximum absolute atomic E-state index is 13.7. The molecule has 0 amide bonds. The molecule has 4 N–H and O–H groups in total. The van der Waals surface area contributed by atoms with Crippen LogP contribution in [0.1, 0.15) is 31.4 Å². The molecule has 0 saturated carbocycles. The number of aryl methyl sites for hydroxylation is 1. The number of anilines is 1. The van der Waals surface area contributed by atoms with E-state index < -0.39 is 25.7 Å². The fraction of sp³-hybridized carbons (Fsp3) is 0.375. The summed E-state index contributed by atoms with van der Waals surface area (Å²) >= 11 is 0. The minimum Gasteiger partial charge on any atom is -0.481 e. The number of nitrogens with zero attached hydrogens (tertiary/aromatic N) is 4. The average molecular weight is 545 g/mol. The van der Waals surface area contributed by atoms with E-state index >= 15 is 0 Å². The summed E-state index contributed by atoms with van der Waals surface area (Å²) in [5.41, 5.74) is 7.71. The minimum absolute atomic E-state index is 0.0353. The molecule has 0 aliphatic heterocycles. The van der Waals surface area contributed by atoms with Crippen LogP contribution in [0, 0.1) is 5.92 Å². The third kappa shape index (κ3) is 6.55. The number of imidazole rings is 1. The number of rotatable bonds is 12. The third-order valence-corrected chi connectivity index (χ3v) is 7.65. The number of esters is 1. The van der Waals surface area contributed by atoms with Crippen LogP contribution in [0.15, 0.2) is 49.1 Å². The minimum atomic E-state index is -4.06. The Balaban J connectivity index is 1.45. The number of nitrogen functional groups attached to an aromatic ring is 1. The van der Waals surface area contributed by atoms with Crippen molar-refractivity contribution in [3.8, 4) is 5.75 Å². The number of fused-ring (bicyclic) bond motifs is 1. The molecule has 38 heavy (non-hydrogen) atoms. The number of aromatic nitrogens is 4. The fourth-order valence-electron chi connectivity index (χ4n) is 4.09. The summed E-state index contributed by atoms with van der Waals surface area (Å²) in [6.07, 6.45) is 7.79.